The van der Waals surface area contributed by atoms with Crippen LogP contribution in [-0.2, 0) is 10.3 Å². The van der Waals surface area contributed by atoms with E-state index < -0.39 is 17.8 Å². The maximum absolute atomic E-state index is 13.5. The van der Waals surface area contributed by atoms with Crippen molar-refractivity contribution in [1.82, 2.24) is 15.1 Å². The number of anilines is 1. The first kappa shape index (κ1) is 26.7. The zero-order valence-corrected chi connectivity index (χ0v) is 22.0. The highest BCUT2D eigenvalue weighted by atomic mass is 19.1. The fourth-order valence-corrected chi connectivity index (χ4v) is 5.78. The lowest BCUT2D eigenvalue weighted by Gasteiger charge is -2.41. The van der Waals surface area contributed by atoms with Crippen LogP contribution < -0.4 is 11.1 Å². The molecule has 0 radical (unpaired) electrons. The molecule has 2 fully saturated rings. The van der Waals surface area contributed by atoms with Gasteiger partial charge in [-0.05, 0) is 48.8 Å². The second-order valence-corrected chi connectivity index (χ2v) is 10.9. The molecule has 1 heterocycles. The molecule has 39 heavy (non-hydrogen) atoms. The largest absolute Gasteiger partial charge is 0.465 e. The van der Waals surface area contributed by atoms with Gasteiger partial charge in [0, 0.05) is 49.0 Å². The zero-order chi connectivity index (χ0) is 27.6. The monoisotopic (exact) mass is 531 g/mol. The van der Waals surface area contributed by atoms with E-state index >= 15 is 0 Å². The number of carbonyl (C=O) groups excluding carboxylic acids is 1. The Balaban J connectivity index is 1.30. The first-order valence-corrected chi connectivity index (χ1v) is 13.4. The van der Waals surface area contributed by atoms with E-state index in [0.29, 0.717) is 30.8 Å². The predicted molar refractivity (Wildman–Crippen MR) is 148 cm³/mol. The molecule has 0 saturated heterocycles. The molecule has 0 spiro atoms. The highest BCUT2D eigenvalue weighted by Gasteiger charge is 2.42. The quantitative estimate of drug-likeness (QED) is 0.365. The summed E-state index contributed by atoms with van der Waals surface area (Å²) < 4.78 is 13.5. The second-order valence-electron chi connectivity index (χ2n) is 10.9. The van der Waals surface area contributed by atoms with Crippen LogP contribution in [0.2, 0.25) is 0 Å². The molecule has 0 atom stereocenters. The summed E-state index contributed by atoms with van der Waals surface area (Å²) in [5.74, 6) is 0.454. The number of benzene rings is 2. The molecule has 9 heteroatoms. The van der Waals surface area contributed by atoms with Crippen molar-refractivity contribution < 1.29 is 19.1 Å². The van der Waals surface area contributed by atoms with Crippen molar-refractivity contribution in [1.29, 1.82) is 0 Å². The standard InChI is InChI=1S/C30H34FN5O3/c1-36(29(38)39)24-13-7-19(8-14-24)15-27(37)33-26-16-25(20-5-3-2-4-6-20)28(35-34-26)21-9-11-22(12-10-21)30(32)17-23(31)18-30/h2-6,9-12,16,19,23-24H,7-8,13-15,17-18,32H2,1H3,(H,38,39)(H,33,34,37)/t19-,23-,24-,30-. The topological polar surface area (TPSA) is 121 Å². The van der Waals surface area contributed by atoms with Gasteiger partial charge in [-0.15, -0.1) is 10.2 Å². The number of aromatic nitrogens is 2. The fourth-order valence-electron chi connectivity index (χ4n) is 5.78. The van der Waals surface area contributed by atoms with Crippen molar-refractivity contribution >= 4 is 17.8 Å². The summed E-state index contributed by atoms with van der Waals surface area (Å²) in [6.45, 7) is 0. The Labute approximate surface area is 227 Å². The van der Waals surface area contributed by atoms with E-state index in [4.69, 9.17) is 5.73 Å². The number of hydrogen-bond acceptors (Lipinski definition) is 5. The van der Waals surface area contributed by atoms with Crippen LogP contribution in [0.15, 0.2) is 60.7 Å². The van der Waals surface area contributed by atoms with E-state index in [1.54, 1.807) is 7.05 Å². The number of rotatable bonds is 7. The highest BCUT2D eigenvalue weighted by molar-refractivity contribution is 5.91. The Kier molecular flexibility index (Phi) is 7.61. The molecule has 8 nitrogen and oxygen atoms in total. The lowest BCUT2D eigenvalue weighted by Crippen LogP contribution is -2.50. The van der Waals surface area contributed by atoms with Gasteiger partial charge < -0.3 is 21.1 Å². The second kappa shape index (κ2) is 11.1. The van der Waals surface area contributed by atoms with Gasteiger partial charge >= 0.3 is 6.09 Å². The molecular weight excluding hydrogens is 497 g/mol. The van der Waals surface area contributed by atoms with Crippen LogP contribution in [0.3, 0.4) is 0 Å². The summed E-state index contributed by atoms with van der Waals surface area (Å²) in [4.78, 5) is 25.5. The van der Waals surface area contributed by atoms with Gasteiger partial charge in [0.1, 0.15) is 11.9 Å². The molecule has 1 aromatic heterocycles. The van der Waals surface area contributed by atoms with Crippen molar-refractivity contribution in [3.05, 3.63) is 66.2 Å². The molecule has 5 rings (SSSR count). The minimum absolute atomic E-state index is 0.00688. The Morgan fingerprint density at radius 3 is 2.31 bits per heavy atom. The van der Waals surface area contributed by atoms with Crippen LogP contribution in [-0.4, -0.2) is 51.5 Å². The number of hydrogen-bond donors (Lipinski definition) is 3. The molecule has 204 valence electrons. The van der Waals surface area contributed by atoms with Gasteiger partial charge in [0.05, 0.1) is 0 Å². The van der Waals surface area contributed by atoms with E-state index in [-0.39, 0.29) is 17.9 Å². The third-order valence-corrected chi connectivity index (χ3v) is 8.19. The van der Waals surface area contributed by atoms with E-state index in [1.165, 1.54) is 4.90 Å². The molecule has 4 N–H and O–H groups in total. The number of nitrogens with two attached hydrogens (primary N) is 1. The first-order valence-electron chi connectivity index (χ1n) is 13.4. The van der Waals surface area contributed by atoms with Crippen LogP contribution in [0, 0.1) is 5.92 Å². The highest BCUT2D eigenvalue weighted by Crippen LogP contribution is 2.41. The molecule has 2 aromatic carbocycles. The molecule has 2 saturated carbocycles. The van der Waals surface area contributed by atoms with Crippen molar-refractivity contribution in [3.63, 3.8) is 0 Å². The van der Waals surface area contributed by atoms with Crippen LogP contribution in [0.1, 0.15) is 50.5 Å². The van der Waals surface area contributed by atoms with Crippen LogP contribution in [0.5, 0.6) is 0 Å². The van der Waals surface area contributed by atoms with E-state index in [9.17, 15) is 19.1 Å². The zero-order valence-electron chi connectivity index (χ0n) is 22.0. The van der Waals surface area contributed by atoms with Crippen molar-refractivity contribution in [2.75, 3.05) is 12.4 Å². The number of amides is 2. The number of nitrogens with zero attached hydrogens (tertiary/aromatic N) is 3. The SMILES string of the molecule is CN(C(=O)O)[C@H]1CC[C@H](CC(=O)Nc2cc(-c3ccccc3)c(-c3ccc([C@]4(N)C[C@H](F)C4)cc3)nn2)CC1. The molecule has 0 bridgehead atoms. The molecule has 0 unspecified atom stereocenters. The minimum Gasteiger partial charge on any atom is -0.465 e. The fraction of sp³-hybridized carbons (Fsp3) is 0.400. The minimum atomic E-state index is -0.917. The lowest BCUT2D eigenvalue weighted by atomic mass is 9.71. The number of nitrogens with one attached hydrogen (secondary N) is 1. The van der Waals surface area contributed by atoms with Crippen molar-refractivity contribution in [3.8, 4) is 22.4 Å². The number of carbonyl (C=O) groups is 2. The maximum atomic E-state index is 13.5. The Morgan fingerprint density at radius 1 is 1.03 bits per heavy atom. The molecule has 3 aromatic rings. The van der Waals surface area contributed by atoms with Crippen molar-refractivity contribution in [2.24, 2.45) is 11.7 Å². The molecule has 2 aliphatic carbocycles. The maximum Gasteiger partial charge on any atom is 0.407 e. The average Bonchev–Trinajstić information content (AvgIpc) is 2.93. The van der Waals surface area contributed by atoms with Gasteiger partial charge in [-0.2, -0.15) is 0 Å². The average molecular weight is 532 g/mol. The van der Waals surface area contributed by atoms with Gasteiger partial charge in [0.15, 0.2) is 5.82 Å². The predicted octanol–water partition coefficient (Wildman–Crippen LogP) is 5.59. The van der Waals surface area contributed by atoms with Gasteiger partial charge in [-0.3, -0.25) is 4.79 Å². The Bertz CT molecular complexity index is 1320. The summed E-state index contributed by atoms with van der Waals surface area (Å²) in [6, 6.07) is 19.4. The third kappa shape index (κ3) is 5.93. The van der Waals surface area contributed by atoms with Crippen molar-refractivity contribution in [2.45, 2.75) is 62.7 Å². The van der Waals surface area contributed by atoms with Gasteiger partial charge in [-0.1, -0.05) is 54.6 Å². The summed E-state index contributed by atoms with van der Waals surface area (Å²) in [7, 11) is 1.60. The smallest absolute Gasteiger partial charge is 0.407 e. The molecule has 2 amide bonds. The van der Waals surface area contributed by atoms with E-state index in [1.807, 2.05) is 60.7 Å². The van der Waals surface area contributed by atoms with Gasteiger partial charge in [0.2, 0.25) is 5.91 Å². The third-order valence-electron chi connectivity index (χ3n) is 8.19. The lowest BCUT2D eigenvalue weighted by molar-refractivity contribution is -0.117. The first-order chi connectivity index (χ1) is 18.7. The summed E-state index contributed by atoms with van der Waals surface area (Å²) >= 11 is 0. The van der Waals surface area contributed by atoms with Crippen LogP contribution >= 0.6 is 0 Å². The van der Waals surface area contributed by atoms with Crippen LogP contribution in [0.4, 0.5) is 15.0 Å². The summed E-state index contributed by atoms with van der Waals surface area (Å²) in [5.41, 5.74) is 9.94. The number of alkyl halides is 1. The Hall–Kier alpha value is -3.85. The van der Waals surface area contributed by atoms with Gasteiger partial charge in [-0.25, -0.2) is 9.18 Å². The van der Waals surface area contributed by atoms with E-state index in [0.717, 1.165) is 47.9 Å². The molecule has 2 aliphatic rings. The Morgan fingerprint density at radius 2 is 1.69 bits per heavy atom. The normalized spacial score (nSPS) is 24.4. The van der Waals surface area contributed by atoms with Crippen LogP contribution in [0.25, 0.3) is 22.4 Å². The summed E-state index contributed by atoms with van der Waals surface area (Å²) in [6.07, 6.45) is 2.38. The molecule has 0 aliphatic heterocycles. The number of carboxylic acid groups (broad SMARTS) is 1. The molecular formula is C30H34FN5O3. The van der Waals surface area contributed by atoms with E-state index in [2.05, 4.69) is 15.5 Å². The number of halogens is 1. The van der Waals surface area contributed by atoms with Gasteiger partial charge in [0.25, 0.3) is 0 Å². The summed E-state index contributed by atoms with van der Waals surface area (Å²) in [5, 5.41) is 20.9.